The van der Waals surface area contributed by atoms with E-state index in [1.807, 2.05) is 19.1 Å². The number of aryl methyl sites for hydroxylation is 1. The number of amides is 3. The fourth-order valence-corrected chi connectivity index (χ4v) is 3.28. The molecule has 1 aliphatic heterocycles. The lowest BCUT2D eigenvalue weighted by molar-refractivity contribution is -0.140. The topological polar surface area (TPSA) is 57.7 Å². The average Bonchev–Trinajstić information content (AvgIpc) is 3.41. The van der Waals surface area contributed by atoms with Gasteiger partial charge in [-0.25, -0.2) is 4.90 Å². The molecule has 5 nitrogen and oxygen atoms in total. The van der Waals surface area contributed by atoms with Crippen LogP contribution in [0.4, 0.5) is 5.69 Å². The Morgan fingerprint density at radius 1 is 1.09 bits per heavy atom. The van der Waals surface area contributed by atoms with Gasteiger partial charge in [-0.3, -0.25) is 14.4 Å². The van der Waals surface area contributed by atoms with Gasteiger partial charge in [0.15, 0.2) is 0 Å². The van der Waals surface area contributed by atoms with E-state index < -0.39 is 6.04 Å². The van der Waals surface area contributed by atoms with Crippen LogP contribution in [0.2, 0.25) is 0 Å². The van der Waals surface area contributed by atoms with E-state index in [4.69, 9.17) is 0 Å². The molecule has 3 fully saturated rings. The Labute approximate surface area is 135 Å². The minimum atomic E-state index is -0.607. The zero-order valence-electron chi connectivity index (χ0n) is 13.2. The fourth-order valence-electron chi connectivity index (χ4n) is 3.28. The van der Waals surface area contributed by atoms with Crippen molar-refractivity contribution in [1.29, 1.82) is 0 Å². The summed E-state index contributed by atoms with van der Waals surface area (Å²) in [6, 6.07) is 6.90. The van der Waals surface area contributed by atoms with Crippen molar-refractivity contribution in [3.05, 3.63) is 29.8 Å². The number of imide groups is 1. The Balaban J connectivity index is 1.60. The molecule has 3 aliphatic rings. The first-order chi connectivity index (χ1) is 11.1. The van der Waals surface area contributed by atoms with Crippen molar-refractivity contribution in [2.75, 3.05) is 4.90 Å². The highest BCUT2D eigenvalue weighted by Crippen LogP contribution is 2.39. The van der Waals surface area contributed by atoms with E-state index in [9.17, 15) is 14.4 Å². The van der Waals surface area contributed by atoms with Gasteiger partial charge >= 0.3 is 0 Å². The molecular formula is C18H20N2O3. The van der Waals surface area contributed by atoms with Gasteiger partial charge in [0.05, 0.1) is 12.1 Å². The van der Waals surface area contributed by atoms with E-state index in [1.165, 1.54) is 4.90 Å². The van der Waals surface area contributed by atoms with Crippen LogP contribution in [0.1, 0.15) is 37.7 Å². The highest BCUT2D eigenvalue weighted by Gasteiger charge is 2.50. The molecule has 2 saturated carbocycles. The third kappa shape index (κ3) is 2.54. The number of benzene rings is 1. The molecule has 120 valence electrons. The number of hydrogen-bond donors (Lipinski definition) is 0. The summed E-state index contributed by atoms with van der Waals surface area (Å²) in [6.07, 6.45) is 3.83. The molecule has 0 aromatic heterocycles. The lowest BCUT2D eigenvalue weighted by atomic mass is 10.1. The molecule has 23 heavy (non-hydrogen) atoms. The van der Waals surface area contributed by atoms with Crippen LogP contribution in [-0.2, 0) is 14.4 Å². The van der Waals surface area contributed by atoms with Gasteiger partial charge in [-0.15, -0.1) is 0 Å². The second-order valence-electron chi connectivity index (χ2n) is 6.87. The first kappa shape index (κ1) is 14.4. The maximum Gasteiger partial charge on any atom is 0.257 e. The molecule has 0 spiro atoms. The average molecular weight is 312 g/mol. The second kappa shape index (κ2) is 5.18. The minimum absolute atomic E-state index is 0.0735. The number of carbonyl (C=O) groups excluding carboxylic acids is 3. The molecule has 4 rings (SSSR count). The van der Waals surface area contributed by atoms with Crippen molar-refractivity contribution < 1.29 is 14.4 Å². The lowest BCUT2D eigenvalue weighted by Crippen LogP contribution is -2.47. The van der Waals surface area contributed by atoms with Crippen molar-refractivity contribution in [3.8, 4) is 0 Å². The summed E-state index contributed by atoms with van der Waals surface area (Å²) in [4.78, 5) is 40.8. The largest absolute Gasteiger partial charge is 0.327 e. The van der Waals surface area contributed by atoms with Crippen LogP contribution in [-0.4, -0.2) is 34.7 Å². The molecule has 1 heterocycles. The SMILES string of the molecule is Cc1ccc(N2C(=O)CC(N(C(=O)C3CC3)C3CC3)C2=O)cc1. The van der Waals surface area contributed by atoms with Crippen LogP contribution >= 0.6 is 0 Å². The molecule has 1 aromatic rings. The molecule has 0 radical (unpaired) electrons. The van der Waals surface area contributed by atoms with Crippen molar-refractivity contribution in [1.82, 2.24) is 4.90 Å². The third-order valence-corrected chi connectivity index (χ3v) is 4.87. The molecule has 1 saturated heterocycles. The molecule has 2 aliphatic carbocycles. The molecular weight excluding hydrogens is 292 g/mol. The lowest BCUT2D eigenvalue weighted by Gasteiger charge is -2.27. The molecule has 5 heteroatoms. The van der Waals surface area contributed by atoms with Crippen molar-refractivity contribution in [2.24, 2.45) is 5.92 Å². The highest BCUT2D eigenvalue weighted by atomic mass is 16.2. The predicted molar refractivity (Wildman–Crippen MR) is 84.7 cm³/mol. The van der Waals surface area contributed by atoms with E-state index in [1.54, 1.807) is 17.0 Å². The van der Waals surface area contributed by atoms with Gasteiger partial charge < -0.3 is 4.90 Å². The Bertz CT molecular complexity index is 674. The van der Waals surface area contributed by atoms with Crippen molar-refractivity contribution in [3.63, 3.8) is 0 Å². The van der Waals surface area contributed by atoms with Crippen LogP contribution in [0.5, 0.6) is 0 Å². The van der Waals surface area contributed by atoms with Crippen LogP contribution in [0.15, 0.2) is 24.3 Å². The van der Waals surface area contributed by atoms with E-state index in [0.717, 1.165) is 31.2 Å². The van der Waals surface area contributed by atoms with Crippen LogP contribution in [0, 0.1) is 12.8 Å². The Hall–Kier alpha value is -2.17. The zero-order chi connectivity index (χ0) is 16.1. The number of carbonyl (C=O) groups is 3. The number of hydrogen-bond acceptors (Lipinski definition) is 3. The van der Waals surface area contributed by atoms with E-state index in [0.29, 0.717) is 5.69 Å². The van der Waals surface area contributed by atoms with Gasteiger partial charge in [0.1, 0.15) is 6.04 Å². The van der Waals surface area contributed by atoms with Gasteiger partial charge in [-0.2, -0.15) is 0 Å². The van der Waals surface area contributed by atoms with Gasteiger partial charge in [0.2, 0.25) is 11.8 Å². The second-order valence-corrected chi connectivity index (χ2v) is 6.87. The Morgan fingerprint density at radius 3 is 2.30 bits per heavy atom. The van der Waals surface area contributed by atoms with Crippen LogP contribution in [0.3, 0.4) is 0 Å². The number of anilines is 1. The first-order valence-electron chi connectivity index (χ1n) is 8.32. The molecule has 0 bridgehead atoms. The highest BCUT2D eigenvalue weighted by molar-refractivity contribution is 6.23. The molecule has 1 aromatic carbocycles. The van der Waals surface area contributed by atoms with E-state index in [-0.39, 0.29) is 36.1 Å². The maximum absolute atomic E-state index is 12.8. The summed E-state index contributed by atoms with van der Waals surface area (Å²) in [5, 5.41) is 0. The quantitative estimate of drug-likeness (QED) is 0.799. The molecule has 1 unspecified atom stereocenters. The minimum Gasteiger partial charge on any atom is -0.327 e. The van der Waals surface area contributed by atoms with E-state index in [2.05, 4.69) is 0 Å². The predicted octanol–water partition coefficient (Wildman–Crippen LogP) is 2.03. The number of nitrogens with zero attached hydrogens (tertiary/aromatic N) is 2. The molecule has 0 N–H and O–H groups in total. The monoisotopic (exact) mass is 312 g/mol. The van der Waals surface area contributed by atoms with Crippen molar-refractivity contribution in [2.45, 2.75) is 51.1 Å². The van der Waals surface area contributed by atoms with E-state index >= 15 is 0 Å². The normalized spacial score (nSPS) is 24.2. The molecule has 3 amide bonds. The van der Waals surface area contributed by atoms with Gasteiger partial charge in [0.25, 0.3) is 5.91 Å². The molecule has 1 atom stereocenters. The number of rotatable bonds is 4. The zero-order valence-corrected chi connectivity index (χ0v) is 13.2. The summed E-state index contributed by atoms with van der Waals surface area (Å²) in [7, 11) is 0. The van der Waals surface area contributed by atoms with Gasteiger partial charge in [-0.05, 0) is 44.7 Å². The van der Waals surface area contributed by atoms with Crippen LogP contribution in [0.25, 0.3) is 0 Å². The fraction of sp³-hybridized carbons (Fsp3) is 0.500. The summed E-state index contributed by atoms with van der Waals surface area (Å²) in [5.41, 5.74) is 1.68. The summed E-state index contributed by atoms with van der Waals surface area (Å²) in [5.74, 6) is -0.311. The third-order valence-electron chi connectivity index (χ3n) is 4.87. The Morgan fingerprint density at radius 2 is 1.74 bits per heavy atom. The Kier molecular flexibility index (Phi) is 3.25. The first-order valence-corrected chi connectivity index (χ1v) is 8.32. The van der Waals surface area contributed by atoms with Crippen molar-refractivity contribution >= 4 is 23.4 Å². The maximum atomic E-state index is 12.8. The van der Waals surface area contributed by atoms with Gasteiger partial charge in [0, 0.05) is 12.0 Å². The summed E-state index contributed by atoms with van der Waals surface area (Å²) < 4.78 is 0. The van der Waals surface area contributed by atoms with Gasteiger partial charge in [-0.1, -0.05) is 17.7 Å². The summed E-state index contributed by atoms with van der Waals surface area (Å²) >= 11 is 0. The standard InChI is InChI=1S/C18H20N2O3/c1-11-2-6-14(7-3-11)20-16(21)10-15(18(20)23)19(13-8-9-13)17(22)12-4-5-12/h2-3,6-7,12-13,15H,4-5,8-10H2,1H3. The summed E-state index contributed by atoms with van der Waals surface area (Å²) in [6.45, 7) is 1.96. The van der Waals surface area contributed by atoms with Crippen LogP contribution < -0.4 is 4.90 Å². The smallest absolute Gasteiger partial charge is 0.257 e.